The van der Waals surface area contributed by atoms with Gasteiger partial charge in [0.25, 0.3) is 0 Å². The molecule has 12 heteroatoms. The summed E-state index contributed by atoms with van der Waals surface area (Å²) in [4.78, 5) is 40.9. The number of aromatic nitrogens is 2. The lowest BCUT2D eigenvalue weighted by Crippen LogP contribution is -2.42. The molecule has 1 aromatic carbocycles. The van der Waals surface area contributed by atoms with Crippen LogP contribution in [0.4, 0.5) is 23.0 Å². The maximum absolute atomic E-state index is 13.0. The third kappa shape index (κ3) is 7.35. The van der Waals surface area contributed by atoms with Crippen molar-refractivity contribution >= 4 is 34.8 Å². The molecule has 40 heavy (non-hydrogen) atoms. The van der Waals surface area contributed by atoms with Gasteiger partial charge in [0.1, 0.15) is 5.82 Å². The normalized spacial score (nSPS) is 14.1. The van der Waals surface area contributed by atoms with E-state index in [1.165, 1.54) is 17.7 Å². The SMILES string of the molecule is CCc1ccc(-c2cn(CCCNc3ccc([N+](=O)[O-])c(N)n3)cc2NC(=O)CN2CCC(C(N)=O)CC2)cc1. The van der Waals surface area contributed by atoms with Crippen molar-refractivity contribution in [2.45, 2.75) is 39.2 Å². The minimum atomic E-state index is -0.562. The summed E-state index contributed by atoms with van der Waals surface area (Å²) in [6.45, 7) is 4.93. The molecule has 2 aromatic heterocycles. The number of nitrogens with two attached hydrogens (primary N) is 2. The Morgan fingerprint density at radius 2 is 1.85 bits per heavy atom. The maximum atomic E-state index is 13.0. The fourth-order valence-electron chi connectivity index (χ4n) is 4.85. The summed E-state index contributed by atoms with van der Waals surface area (Å²) < 4.78 is 2.04. The van der Waals surface area contributed by atoms with E-state index in [1.54, 1.807) is 0 Å². The van der Waals surface area contributed by atoms with E-state index < -0.39 is 4.92 Å². The molecule has 3 heterocycles. The van der Waals surface area contributed by atoms with Crippen LogP contribution in [0.2, 0.25) is 0 Å². The summed E-state index contributed by atoms with van der Waals surface area (Å²) in [6, 6.07) is 11.2. The summed E-state index contributed by atoms with van der Waals surface area (Å²) in [7, 11) is 0. The van der Waals surface area contributed by atoms with Gasteiger partial charge in [0.2, 0.25) is 17.6 Å². The van der Waals surface area contributed by atoms with Crippen molar-refractivity contribution in [3.05, 3.63) is 64.5 Å². The minimum Gasteiger partial charge on any atom is -0.378 e. The quantitative estimate of drug-likeness (QED) is 0.152. The third-order valence-corrected chi connectivity index (χ3v) is 7.18. The Morgan fingerprint density at radius 3 is 2.48 bits per heavy atom. The molecule has 1 fully saturated rings. The van der Waals surface area contributed by atoms with Crippen molar-refractivity contribution in [2.75, 3.05) is 42.5 Å². The molecule has 212 valence electrons. The number of rotatable bonds is 12. The molecule has 0 bridgehead atoms. The van der Waals surface area contributed by atoms with Gasteiger partial charge < -0.3 is 26.7 Å². The molecule has 0 spiro atoms. The fourth-order valence-corrected chi connectivity index (χ4v) is 4.85. The number of likely N-dealkylation sites (tertiary alicyclic amines) is 1. The van der Waals surface area contributed by atoms with Crippen LogP contribution in [0.3, 0.4) is 0 Å². The molecule has 12 nitrogen and oxygen atoms in total. The van der Waals surface area contributed by atoms with Gasteiger partial charge in [-0.1, -0.05) is 31.2 Å². The molecule has 0 atom stereocenters. The Kier molecular flexibility index (Phi) is 9.33. The number of nitrogens with zero attached hydrogens (tertiary/aromatic N) is 4. The van der Waals surface area contributed by atoms with E-state index in [0.717, 1.165) is 29.7 Å². The van der Waals surface area contributed by atoms with Crippen molar-refractivity contribution in [2.24, 2.45) is 11.7 Å². The van der Waals surface area contributed by atoms with Crippen LogP contribution in [0.25, 0.3) is 11.1 Å². The van der Waals surface area contributed by atoms with E-state index >= 15 is 0 Å². The highest BCUT2D eigenvalue weighted by molar-refractivity contribution is 5.96. The van der Waals surface area contributed by atoms with Gasteiger partial charge in [0.15, 0.2) is 0 Å². The Morgan fingerprint density at radius 1 is 1.12 bits per heavy atom. The van der Waals surface area contributed by atoms with Gasteiger partial charge in [-0.05, 0) is 56.0 Å². The standard InChI is InChI=1S/C28H36N8O4/c1-2-19-4-6-20(7-5-19)22-16-35(13-3-12-31-25-9-8-24(36(39)40)27(29)33-25)17-23(22)32-26(37)18-34-14-10-21(11-15-34)28(30)38/h4-9,16-17,21H,2-3,10-15,18H2,1H3,(H2,30,38)(H,32,37)(H3,29,31,33). The van der Waals surface area contributed by atoms with Crippen LogP contribution in [0.5, 0.6) is 0 Å². The number of hydrogen-bond donors (Lipinski definition) is 4. The van der Waals surface area contributed by atoms with Gasteiger partial charge in [-0.15, -0.1) is 0 Å². The van der Waals surface area contributed by atoms with Crippen LogP contribution >= 0.6 is 0 Å². The van der Waals surface area contributed by atoms with E-state index in [-0.39, 0.29) is 35.8 Å². The van der Waals surface area contributed by atoms with Gasteiger partial charge in [0, 0.05) is 43.0 Å². The highest BCUT2D eigenvalue weighted by atomic mass is 16.6. The number of hydrogen-bond acceptors (Lipinski definition) is 8. The summed E-state index contributed by atoms with van der Waals surface area (Å²) in [5.41, 5.74) is 14.8. The topological polar surface area (TPSA) is 174 Å². The zero-order valence-electron chi connectivity index (χ0n) is 22.6. The lowest BCUT2D eigenvalue weighted by molar-refractivity contribution is -0.384. The molecule has 1 saturated heterocycles. The lowest BCUT2D eigenvalue weighted by Gasteiger charge is -2.29. The van der Waals surface area contributed by atoms with Crippen LogP contribution < -0.4 is 22.1 Å². The Hall–Kier alpha value is -4.45. The number of carbonyl (C=O) groups is 2. The second-order valence-electron chi connectivity index (χ2n) is 10.0. The van der Waals surface area contributed by atoms with Crippen molar-refractivity contribution in [3.63, 3.8) is 0 Å². The van der Waals surface area contributed by atoms with Crippen LogP contribution in [-0.4, -0.2) is 57.4 Å². The first-order valence-corrected chi connectivity index (χ1v) is 13.5. The number of benzene rings is 1. The molecule has 0 unspecified atom stereocenters. The predicted octanol–water partition coefficient (Wildman–Crippen LogP) is 3.24. The van der Waals surface area contributed by atoms with Crippen LogP contribution in [-0.2, 0) is 22.6 Å². The average molecular weight is 549 g/mol. The van der Waals surface area contributed by atoms with Gasteiger partial charge in [-0.25, -0.2) is 4.98 Å². The predicted molar refractivity (Wildman–Crippen MR) is 155 cm³/mol. The van der Waals surface area contributed by atoms with Crippen molar-refractivity contribution in [3.8, 4) is 11.1 Å². The largest absolute Gasteiger partial charge is 0.378 e. The van der Waals surface area contributed by atoms with Gasteiger partial charge >= 0.3 is 5.69 Å². The number of nitro groups is 1. The monoisotopic (exact) mass is 548 g/mol. The number of primary amides is 1. The number of carbonyl (C=O) groups excluding carboxylic acids is 2. The van der Waals surface area contributed by atoms with Crippen molar-refractivity contribution in [1.82, 2.24) is 14.5 Å². The zero-order chi connectivity index (χ0) is 28.6. The Labute approximate surface area is 232 Å². The highest BCUT2D eigenvalue weighted by Gasteiger charge is 2.24. The van der Waals surface area contributed by atoms with Gasteiger partial charge in [-0.2, -0.15) is 0 Å². The van der Waals surface area contributed by atoms with E-state index in [4.69, 9.17) is 11.5 Å². The molecule has 0 radical (unpaired) electrons. The lowest BCUT2D eigenvalue weighted by atomic mass is 9.96. The van der Waals surface area contributed by atoms with E-state index in [2.05, 4.69) is 46.8 Å². The molecule has 6 N–H and O–H groups in total. The number of piperidine rings is 1. The van der Waals surface area contributed by atoms with Crippen LogP contribution in [0.1, 0.15) is 31.7 Å². The number of nitrogen functional groups attached to an aromatic ring is 1. The number of aryl methyl sites for hydroxylation is 2. The molecule has 3 aromatic rings. The first kappa shape index (κ1) is 28.6. The molecule has 1 aliphatic heterocycles. The molecule has 0 saturated carbocycles. The van der Waals surface area contributed by atoms with E-state index in [0.29, 0.717) is 44.8 Å². The van der Waals surface area contributed by atoms with E-state index in [9.17, 15) is 19.7 Å². The Balaban J connectivity index is 1.39. The summed E-state index contributed by atoms with van der Waals surface area (Å²) in [6.07, 6.45) is 6.98. The van der Waals surface area contributed by atoms with Gasteiger partial charge in [-0.3, -0.25) is 24.6 Å². The minimum absolute atomic E-state index is 0.106. The van der Waals surface area contributed by atoms with Crippen LogP contribution in [0, 0.1) is 16.0 Å². The van der Waals surface area contributed by atoms with Crippen molar-refractivity contribution in [1.29, 1.82) is 0 Å². The zero-order valence-corrected chi connectivity index (χ0v) is 22.6. The smallest absolute Gasteiger partial charge is 0.311 e. The van der Waals surface area contributed by atoms with Gasteiger partial charge in [0.05, 0.1) is 17.2 Å². The third-order valence-electron chi connectivity index (χ3n) is 7.18. The molecular weight excluding hydrogens is 512 g/mol. The maximum Gasteiger partial charge on any atom is 0.311 e. The summed E-state index contributed by atoms with van der Waals surface area (Å²) >= 11 is 0. The molecular formula is C28H36N8O4. The molecule has 2 amide bonds. The average Bonchev–Trinajstić information content (AvgIpc) is 3.33. The summed E-state index contributed by atoms with van der Waals surface area (Å²) in [5.74, 6) is -0.149. The second kappa shape index (κ2) is 13.1. The number of nitrogens with one attached hydrogen (secondary N) is 2. The number of pyridine rings is 1. The Bertz CT molecular complexity index is 1350. The number of amides is 2. The second-order valence-corrected chi connectivity index (χ2v) is 10.0. The van der Waals surface area contributed by atoms with E-state index in [1.807, 2.05) is 21.9 Å². The first-order valence-electron chi connectivity index (χ1n) is 13.5. The first-order chi connectivity index (χ1) is 19.2. The fraction of sp³-hybridized carbons (Fsp3) is 0.393. The molecule has 0 aliphatic carbocycles. The highest BCUT2D eigenvalue weighted by Crippen LogP contribution is 2.30. The van der Waals surface area contributed by atoms with Crippen LogP contribution in [0.15, 0.2) is 48.8 Å². The number of anilines is 3. The summed E-state index contributed by atoms with van der Waals surface area (Å²) in [5, 5.41) is 17.2. The molecule has 1 aliphatic rings. The molecule has 4 rings (SSSR count). The van der Waals surface area contributed by atoms with Crippen molar-refractivity contribution < 1.29 is 14.5 Å².